The van der Waals surface area contributed by atoms with Crippen LogP contribution in [0.15, 0.2) is 0 Å². The Morgan fingerprint density at radius 3 is 1.06 bits per heavy atom. The van der Waals surface area contributed by atoms with Gasteiger partial charge in [0.05, 0.1) is 0 Å². The number of ether oxygens (including phenoxy) is 2. The number of methoxy groups -OCH3 is 2. The van der Waals surface area contributed by atoms with E-state index in [-0.39, 0.29) is 0 Å². The first-order valence-electron chi connectivity index (χ1n) is 13.1. The molecule has 0 bridgehead atoms. The van der Waals surface area contributed by atoms with Crippen molar-refractivity contribution in [2.75, 3.05) is 79.8 Å². The quantitative estimate of drug-likeness (QED) is 0.162. The van der Waals surface area contributed by atoms with Crippen molar-refractivity contribution in [3.8, 4) is 0 Å². The summed E-state index contributed by atoms with van der Waals surface area (Å²) in [6.07, 6.45) is 6.95. The number of halogens is 1. The molecule has 0 N–H and O–H groups in total. The molecule has 0 radical (unpaired) electrons. The second-order valence-electron chi connectivity index (χ2n) is 8.48. The van der Waals surface area contributed by atoms with Gasteiger partial charge in [-0.15, -0.1) is 0 Å². The fourth-order valence-electron chi connectivity index (χ4n) is 4.66. The van der Waals surface area contributed by atoms with Gasteiger partial charge in [0.15, 0.2) is 0 Å². The van der Waals surface area contributed by atoms with Crippen molar-refractivity contribution < 1.29 is 9.47 Å². The number of hydrogen-bond acceptors (Lipinski definition) is 6. The monoisotopic (exact) mass is 498 g/mol. The zero-order valence-corrected chi connectivity index (χ0v) is 24.4. The molecule has 0 unspecified atom stereocenters. The molecular weight excluding hydrogens is 443 g/mol. The van der Waals surface area contributed by atoms with E-state index >= 15 is 0 Å². The molecule has 0 atom stereocenters. The van der Waals surface area contributed by atoms with Crippen LogP contribution in [0.4, 0.5) is 0 Å². The van der Waals surface area contributed by atoms with E-state index in [9.17, 15) is 0 Å². The Morgan fingerprint density at radius 2 is 0.844 bits per heavy atom. The molecule has 0 aromatic carbocycles. The van der Waals surface area contributed by atoms with Crippen molar-refractivity contribution in [1.29, 1.82) is 0 Å². The molecule has 0 saturated heterocycles. The molecule has 0 spiro atoms. The zero-order valence-electron chi connectivity index (χ0n) is 22.7. The van der Waals surface area contributed by atoms with Crippen LogP contribution in [0.1, 0.15) is 80.1 Å². The van der Waals surface area contributed by atoms with Crippen LogP contribution in [0.3, 0.4) is 0 Å². The van der Waals surface area contributed by atoms with Gasteiger partial charge < -0.3 is 0 Å². The van der Waals surface area contributed by atoms with Gasteiger partial charge in [0.1, 0.15) is 0 Å². The van der Waals surface area contributed by atoms with Crippen LogP contribution in [-0.2, 0) is 9.47 Å². The summed E-state index contributed by atoms with van der Waals surface area (Å²) in [6.45, 7) is 19.0. The fourth-order valence-corrected chi connectivity index (χ4v) is 12.7. The molecule has 196 valence electrons. The van der Waals surface area contributed by atoms with Crippen molar-refractivity contribution in [2.45, 2.75) is 80.1 Å². The van der Waals surface area contributed by atoms with Crippen LogP contribution in [0, 0.1) is 0 Å². The molecule has 0 rings (SSSR count). The van der Waals surface area contributed by atoms with Gasteiger partial charge in [-0.25, -0.2) is 0 Å². The summed E-state index contributed by atoms with van der Waals surface area (Å²) in [6, 6.07) is 0. The number of nitrogens with zero attached hydrogens (tertiary/aromatic N) is 4. The van der Waals surface area contributed by atoms with Gasteiger partial charge in [-0.3, -0.25) is 0 Å². The molecule has 0 saturated carbocycles. The third-order valence-corrected chi connectivity index (χ3v) is 14.8. The normalized spacial score (nSPS) is 14.1. The standard InChI is InChI=1S/C24H56ClN4O2P/c1-9-15-18-26(12-4)32(25,27(13-5)19-16-10-2,28(14-6)20-17-11-3)29(21-23-30-7)22-24-31-8/h9-24H2,1-8H3. The minimum atomic E-state index is -3.38. The van der Waals surface area contributed by atoms with Gasteiger partial charge in [-0.2, -0.15) is 0 Å². The van der Waals surface area contributed by atoms with Crippen LogP contribution < -0.4 is 0 Å². The van der Waals surface area contributed by atoms with Crippen molar-refractivity contribution in [1.82, 2.24) is 18.7 Å². The Hall–Kier alpha value is 0.480. The van der Waals surface area contributed by atoms with Gasteiger partial charge in [0.25, 0.3) is 0 Å². The first kappa shape index (κ1) is 32.5. The van der Waals surface area contributed by atoms with Crippen LogP contribution >= 0.6 is 17.8 Å². The molecule has 0 aliphatic carbocycles. The Morgan fingerprint density at radius 1 is 0.531 bits per heavy atom. The second kappa shape index (κ2) is 17.8. The van der Waals surface area contributed by atoms with Gasteiger partial charge in [-0.1, -0.05) is 0 Å². The van der Waals surface area contributed by atoms with Crippen molar-refractivity contribution in [3.63, 3.8) is 0 Å². The Balaban J connectivity index is 7.04. The van der Waals surface area contributed by atoms with Crippen molar-refractivity contribution in [3.05, 3.63) is 0 Å². The Bertz CT molecular complexity index is 410. The van der Waals surface area contributed by atoms with Crippen LogP contribution in [0.2, 0.25) is 0 Å². The van der Waals surface area contributed by atoms with Gasteiger partial charge in [0.2, 0.25) is 0 Å². The third-order valence-electron chi connectivity index (χ3n) is 6.46. The van der Waals surface area contributed by atoms with Crippen molar-refractivity contribution >= 4 is 17.8 Å². The van der Waals surface area contributed by atoms with E-state index in [4.69, 9.17) is 20.7 Å². The average Bonchev–Trinajstić information content (AvgIpc) is 2.80. The molecule has 0 aliphatic heterocycles. The average molecular weight is 499 g/mol. The Kier molecular flexibility index (Phi) is 18.1. The maximum absolute atomic E-state index is 8.46. The summed E-state index contributed by atoms with van der Waals surface area (Å²) >= 11 is 8.46. The molecule has 0 aromatic rings. The molecular formula is C24H56ClN4O2P. The molecule has 6 nitrogen and oxygen atoms in total. The zero-order chi connectivity index (χ0) is 24.5. The fraction of sp³-hybridized carbons (Fsp3) is 1.00. The van der Waals surface area contributed by atoms with Crippen LogP contribution in [-0.4, -0.2) is 98.5 Å². The van der Waals surface area contributed by atoms with Gasteiger partial charge in [0, 0.05) is 0 Å². The van der Waals surface area contributed by atoms with E-state index in [0.29, 0.717) is 13.2 Å². The molecule has 8 heteroatoms. The molecule has 0 heterocycles. The summed E-state index contributed by atoms with van der Waals surface area (Å²) in [5.74, 6) is 0. The van der Waals surface area contributed by atoms with E-state index in [1.165, 1.54) is 0 Å². The van der Waals surface area contributed by atoms with E-state index in [1.54, 1.807) is 14.2 Å². The van der Waals surface area contributed by atoms with Crippen LogP contribution in [0.25, 0.3) is 0 Å². The SMILES string of the molecule is CCCCN(CC)P(Cl)(N(CC)CCCC)(N(CC)CCCC)N(CCOC)CCOC. The number of rotatable bonds is 22. The van der Waals surface area contributed by atoms with Crippen molar-refractivity contribution in [2.24, 2.45) is 0 Å². The molecule has 32 heavy (non-hydrogen) atoms. The molecule has 0 fully saturated rings. The first-order chi connectivity index (χ1) is 15.4. The minimum absolute atomic E-state index is 0.663. The summed E-state index contributed by atoms with van der Waals surface area (Å²) in [4.78, 5) is 0. The summed E-state index contributed by atoms with van der Waals surface area (Å²) in [5.41, 5.74) is 0. The third kappa shape index (κ3) is 7.75. The number of hydrogen-bond donors (Lipinski definition) is 0. The van der Waals surface area contributed by atoms with E-state index < -0.39 is 6.56 Å². The van der Waals surface area contributed by atoms with Gasteiger partial charge in [-0.05, 0) is 0 Å². The van der Waals surface area contributed by atoms with Gasteiger partial charge >= 0.3 is 206 Å². The predicted molar refractivity (Wildman–Crippen MR) is 145 cm³/mol. The summed E-state index contributed by atoms with van der Waals surface area (Å²) in [7, 11) is 3.57. The summed E-state index contributed by atoms with van der Waals surface area (Å²) < 4.78 is 21.7. The molecule has 0 aliphatic rings. The van der Waals surface area contributed by atoms with E-state index in [2.05, 4.69) is 60.2 Å². The molecule has 0 amide bonds. The summed E-state index contributed by atoms with van der Waals surface area (Å²) in [5, 5.41) is 0. The van der Waals surface area contributed by atoms with E-state index in [1.807, 2.05) is 0 Å². The first-order valence-corrected chi connectivity index (χ1v) is 16.1. The predicted octanol–water partition coefficient (Wildman–Crippen LogP) is 6.31. The Labute approximate surface area is 205 Å². The number of unbranched alkanes of at least 4 members (excludes halogenated alkanes) is 3. The maximum atomic E-state index is 8.46. The topological polar surface area (TPSA) is 31.4 Å². The molecule has 0 aromatic heterocycles. The van der Waals surface area contributed by atoms with E-state index in [0.717, 1.165) is 90.9 Å². The second-order valence-corrected chi connectivity index (χ2v) is 14.2. The van der Waals surface area contributed by atoms with Crippen LogP contribution in [0.5, 0.6) is 0 Å².